The number of ether oxygens (including phenoxy) is 2. The summed E-state index contributed by atoms with van der Waals surface area (Å²) in [5.41, 5.74) is 2.71. The van der Waals surface area contributed by atoms with Crippen LogP contribution in [0.5, 0.6) is 5.88 Å². The molecule has 2 aromatic carbocycles. The number of hydrogen-bond donors (Lipinski definition) is 1. The molecule has 2 aliphatic rings. The minimum atomic E-state index is -0.986. The zero-order valence-electron chi connectivity index (χ0n) is 21.4. The Bertz CT molecular complexity index is 1500. The molecule has 10 nitrogen and oxygen atoms in total. The average Bonchev–Trinajstić information content (AvgIpc) is 3.27. The van der Waals surface area contributed by atoms with Crippen LogP contribution in [0.2, 0.25) is 0 Å². The summed E-state index contributed by atoms with van der Waals surface area (Å²) < 4.78 is 13.5. The van der Waals surface area contributed by atoms with Crippen molar-refractivity contribution in [2.75, 3.05) is 31.1 Å². The molecular weight excluding hydrogens is 498 g/mol. The number of aromatic carboxylic acids is 1. The van der Waals surface area contributed by atoms with Gasteiger partial charge in [-0.05, 0) is 36.2 Å². The Kier molecular flexibility index (Phi) is 6.85. The summed E-state index contributed by atoms with van der Waals surface area (Å²) in [7, 11) is 0. The zero-order chi connectivity index (χ0) is 26.8. The largest absolute Gasteiger partial charge is 0.478 e. The van der Waals surface area contributed by atoms with E-state index < -0.39 is 5.97 Å². The third-order valence-corrected chi connectivity index (χ3v) is 7.17. The molecule has 2 aliphatic heterocycles. The second-order valence-electron chi connectivity index (χ2n) is 9.77. The molecule has 2 fully saturated rings. The number of piperazine rings is 1. The summed E-state index contributed by atoms with van der Waals surface area (Å²) in [5, 5.41) is 9.47. The molecule has 0 bridgehead atoms. The number of carboxylic acid groups (broad SMARTS) is 1. The van der Waals surface area contributed by atoms with E-state index in [1.165, 1.54) is 0 Å². The molecule has 0 saturated carbocycles. The molecule has 4 aromatic rings. The number of fused-ring (bicyclic) bond motifs is 1. The van der Waals surface area contributed by atoms with Gasteiger partial charge in [0.15, 0.2) is 0 Å². The number of amides is 1. The normalized spacial score (nSPS) is 17.3. The van der Waals surface area contributed by atoms with E-state index in [-0.39, 0.29) is 24.1 Å². The lowest BCUT2D eigenvalue weighted by Gasteiger charge is -2.35. The fourth-order valence-electron chi connectivity index (χ4n) is 4.90. The predicted octanol–water partition coefficient (Wildman–Crippen LogP) is 3.35. The molecule has 2 saturated heterocycles. The first-order valence-electron chi connectivity index (χ1n) is 13.0. The molecule has 0 spiro atoms. The van der Waals surface area contributed by atoms with Gasteiger partial charge in [0.25, 0.3) is 0 Å². The lowest BCUT2D eigenvalue weighted by Crippen LogP contribution is -2.50. The van der Waals surface area contributed by atoms with E-state index in [0.717, 1.165) is 29.9 Å². The van der Waals surface area contributed by atoms with E-state index in [1.54, 1.807) is 23.1 Å². The van der Waals surface area contributed by atoms with Crippen molar-refractivity contribution < 1.29 is 24.2 Å². The van der Waals surface area contributed by atoms with Crippen LogP contribution in [0, 0.1) is 0 Å². The van der Waals surface area contributed by atoms with Gasteiger partial charge in [-0.15, -0.1) is 0 Å². The van der Waals surface area contributed by atoms with Crippen molar-refractivity contribution in [2.45, 2.75) is 32.2 Å². The number of anilines is 1. The summed E-state index contributed by atoms with van der Waals surface area (Å²) >= 11 is 0. The average molecular weight is 528 g/mol. The van der Waals surface area contributed by atoms with Crippen LogP contribution in [0.4, 0.5) is 5.82 Å². The highest BCUT2D eigenvalue weighted by Crippen LogP contribution is 2.25. The molecule has 1 atom stereocenters. The molecule has 200 valence electrons. The molecule has 2 aromatic heterocycles. The second kappa shape index (κ2) is 10.7. The Morgan fingerprint density at radius 3 is 2.64 bits per heavy atom. The molecule has 0 aliphatic carbocycles. The molecule has 0 radical (unpaired) electrons. The van der Waals surface area contributed by atoms with Crippen molar-refractivity contribution in [1.29, 1.82) is 0 Å². The molecular formula is C29H29N5O5. The molecule has 4 heterocycles. The Morgan fingerprint density at radius 2 is 1.90 bits per heavy atom. The number of pyridine rings is 1. The van der Waals surface area contributed by atoms with Crippen molar-refractivity contribution in [3.8, 4) is 5.88 Å². The van der Waals surface area contributed by atoms with Gasteiger partial charge in [-0.3, -0.25) is 4.79 Å². The van der Waals surface area contributed by atoms with E-state index in [9.17, 15) is 14.7 Å². The van der Waals surface area contributed by atoms with Crippen molar-refractivity contribution in [3.05, 3.63) is 83.7 Å². The highest BCUT2D eigenvalue weighted by molar-refractivity contribution is 5.92. The maximum Gasteiger partial charge on any atom is 0.335 e. The van der Waals surface area contributed by atoms with Gasteiger partial charge in [0.1, 0.15) is 18.2 Å². The maximum absolute atomic E-state index is 13.2. The first-order chi connectivity index (χ1) is 19.0. The maximum atomic E-state index is 13.2. The van der Waals surface area contributed by atoms with Gasteiger partial charge in [0.2, 0.25) is 11.8 Å². The Hall–Kier alpha value is -4.44. The third-order valence-electron chi connectivity index (χ3n) is 7.17. The Morgan fingerprint density at radius 1 is 1.05 bits per heavy atom. The number of aromatic nitrogens is 3. The van der Waals surface area contributed by atoms with Crippen LogP contribution in [-0.4, -0.2) is 68.8 Å². The number of carbonyl (C=O) groups is 2. The van der Waals surface area contributed by atoms with E-state index in [1.807, 2.05) is 58.0 Å². The topological polar surface area (TPSA) is 110 Å². The molecule has 10 heteroatoms. The van der Waals surface area contributed by atoms with Crippen LogP contribution >= 0.6 is 0 Å². The van der Waals surface area contributed by atoms with Crippen LogP contribution in [0.3, 0.4) is 0 Å². The molecule has 1 N–H and O–H groups in total. The quantitative estimate of drug-likeness (QED) is 0.353. The number of rotatable bonds is 9. The summed E-state index contributed by atoms with van der Waals surface area (Å²) in [4.78, 5) is 37.9. The lowest BCUT2D eigenvalue weighted by atomic mass is 10.1. The zero-order valence-corrected chi connectivity index (χ0v) is 21.4. The van der Waals surface area contributed by atoms with Crippen LogP contribution in [0.15, 0.2) is 66.7 Å². The summed E-state index contributed by atoms with van der Waals surface area (Å²) in [6, 6.07) is 20.4. The molecule has 1 unspecified atom stereocenters. The number of carboxylic acids is 1. The molecule has 39 heavy (non-hydrogen) atoms. The van der Waals surface area contributed by atoms with Gasteiger partial charge in [-0.1, -0.05) is 36.4 Å². The smallest absolute Gasteiger partial charge is 0.335 e. The van der Waals surface area contributed by atoms with Crippen LogP contribution < -0.4 is 9.64 Å². The van der Waals surface area contributed by atoms with Crippen molar-refractivity contribution in [2.24, 2.45) is 0 Å². The van der Waals surface area contributed by atoms with Crippen molar-refractivity contribution in [3.63, 3.8) is 0 Å². The van der Waals surface area contributed by atoms with Crippen LogP contribution in [0.1, 0.15) is 28.2 Å². The molecule has 1 amide bonds. The standard InChI is InChI=1S/C29H29N5O5/c35-28-18-32(25-7-4-8-27(31-25)39-19-20-5-2-1-3-6-20)12-13-33(28)17-26-30-23-10-9-21(29(36)37)15-24(23)34(26)16-22-11-14-38-22/h1-10,15,22H,11-14,16-19H2,(H,36,37). The first-order valence-corrected chi connectivity index (χ1v) is 13.0. The van der Waals surface area contributed by atoms with Gasteiger partial charge < -0.3 is 28.9 Å². The van der Waals surface area contributed by atoms with Gasteiger partial charge >= 0.3 is 5.97 Å². The van der Waals surface area contributed by atoms with E-state index >= 15 is 0 Å². The highest BCUT2D eigenvalue weighted by atomic mass is 16.5. The minimum Gasteiger partial charge on any atom is -0.478 e. The Labute approximate surface area is 225 Å². The first kappa shape index (κ1) is 24.9. The molecule has 6 rings (SSSR count). The van der Waals surface area contributed by atoms with E-state index in [4.69, 9.17) is 14.5 Å². The number of benzene rings is 2. The van der Waals surface area contributed by atoms with Crippen molar-refractivity contribution >= 4 is 28.7 Å². The minimum absolute atomic E-state index is 0.0246. The van der Waals surface area contributed by atoms with Crippen LogP contribution in [-0.2, 0) is 29.2 Å². The number of carbonyl (C=O) groups excluding carboxylic acids is 1. The number of hydrogen-bond acceptors (Lipinski definition) is 7. The predicted molar refractivity (Wildman–Crippen MR) is 144 cm³/mol. The van der Waals surface area contributed by atoms with Gasteiger partial charge in [0.05, 0.1) is 42.3 Å². The van der Waals surface area contributed by atoms with Crippen LogP contribution in [0.25, 0.3) is 11.0 Å². The Balaban J connectivity index is 1.15. The SMILES string of the molecule is O=C(O)c1ccc2nc(CN3CCN(c4cccc(OCc5ccccc5)n4)CC3=O)n(CC3CCO3)c2c1. The highest BCUT2D eigenvalue weighted by Gasteiger charge is 2.28. The summed E-state index contributed by atoms with van der Waals surface area (Å²) in [6.07, 6.45) is 1.00. The van der Waals surface area contributed by atoms with Gasteiger partial charge in [-0.25, -0.2) is 9.78 Å². The third kappa shape index (κ3) is 5.42. The lowest BCUT2D eigenvalue weighted by molar-refractivity contribution is -0.131. The van der Waals surface area contributed by atoms with Crippen molar-refractivity contribution in [1.82, 2.24) is 19.4 Å². The number of nitrogens with zero attached hydrogens (tertiary/aromatic N) is 5. The fourth-order valence-corrected chi connectivity index (χ4v) is 4.90. The van der Waals surface area contributed by atoms with Gasteiger partial charge in [0, 0.05) is 25.8 Å². The monoisotopic (exact) mass is 527 g/mol. The van der Waals surface area contributed by atoms with Gasteiger partial charge in [-0.2, -0.15) is 4.98 Å². The summed E-state index contributed by atoms with van der Waals surface area (Å²) in [5.74, 6) is 0.922. The fraction of sp³-hybridized carbons (Fsp3) is 0.310. The second-order valence-corrected chi connectivity index (χ2v) is 9.77. The summed E-state index contributed by atoms with van der Waals surface area (Å²) in [6.45, 7) is 3.39. The van der Waals surface area contributed by atoms with E-state index in [0.29, 0.717) is 50.0 Å². The van der Waals surface area contributed by atoms with E-state index in [2.05, 4.69) is 4.98 Å². The number of imidazole rings is 1.